The molecule has 1 atom stereocenters. The zero-order valence-electron chi connectivity index (χ0n) is 16.3. The Kier molecular flexibility index (Phi) is 5.30. The molecule has 1 aromatic rings. The van der Waals surface area contributed by atoms with Gasteiger partial charge in [0.25, 0.3) is 5.91 Å². The van der Waals surface area contributed by atoms with E-state index in [1.54, 1.807) is 19.4 Å². The summed E-state index contributed by atoms with van der Waals surface area (Å²) in [6, 6.07) is 1.17. The fourth-order valence-corrected chi connectivity index (χ4v) is 3.46. The van der Waals surface area contributed by atoms with Crippen molar-refractivity contribution in [3.05, 3.63) is 53.5 Å². The minimum atomic E-state index is -0.470. The Morgan fingerprint density at radius 2 is 2.07 bits per heavy atom. The van der Waals surface area contributed by atoms with Gasteiger partial charge in [0.05, 0.1) is 23.8 Å². The largest absolute Gasteiger partial charge is 0.506 e. The van der Waals surface area contributed by atoms with Crippen molar-refractivity contribution in [3.8, 4) is 0 Å². The topological polar surface area (TPSA) is 126 Å². The third kappa shape index (κ3) is 4.45. The van der Waals surface area contributed by atoms with Gasteiger partial charge in [0, 0.05) is 50.1 Å². The molecule has 1 amide bonds. The van der Waals surface area contributed by atoms with Gasteiger partial charge >= 0.3 is 0 Å². The summed E-state index contributed by atoms with van der Waals surface area (Å²) in [6.07, 6.45) is 11.1. The molecule has 29 heavy (non-hydrogen) atoms. The van der Waals surface area contributed by atoms with Crippen LogP contribution in [0.15, 0.2) is 47.8 Å². The first-order valence-corrected chi connectivity index (χ1v) is 9.77. The highest BCUT2D eigenvalue weighted by Gasteiger charge is 2.29. The first-order valence-electron chi connectivity index (χ1n) is 9.77. The molecule has 1 aromatic heterocycles. The lowest BCUT2D eigenvalue weighted by Crippen LogP contribution is -2.34. The molecule has 9 heteroatoms. The molecule has 0 bridgehead atoms. The Bertz CT molecular complexity index is 900. The van der Waals surface area contributed by atoms with Crippen molar-refractivity contribution in [1.82, 2.24) is 25.9 Å². The molecule has 3 aliphatic rings. The minimum Gasteiger partial charge on any atom is -0.506 e. The van der Waals surface area contributed by atoms with E-state index in [9.17, 15) is 9.90 Å². The Balaban J connectivity index is 1.39. The van der Waals surface area contributed by atoms with Crippen molar-refractivity contribution in [2.45, 2.75) is 31.3 Å². The second kappa shape index (κ2) is 8.04. The van der Waals surface area contributed by atoms with E-state index in [0.29, 0.717) is 17.7 Å². The van der Waals surface area contributed by atoms with Crippen LogP contribution in [-0.4, -0.2) is 58.9 Å². The third-order valence-corrected chi connectivity index (χ3v) is 5.15. The van der Waals surface area contributed by atoms with Crippen molar-refractivity contribution in [3.63, 3.8) is 0 Å². The predicted molar refractivity (Wildman–Crippen MR) is 110 cm³/mol. The van der Waals surface area contributed by atoms with Crippen LogP contribution < -0.4 is 20.9 Å². The smallest absolute Gasteiger partial charge is 0.275 e. The van der Waals surface area contributed by atoms with E-state index in [1.165, 1.54) is 31.2 Å². The highest BCUT2D eigenvalue weighted by Crippen LogP contribution is 2.23. The fourth-order valence-electron chi connectivity index (χ4n) is 3.46. The molecule has 152 valence electrons. The van der Waals surface area contributed by atoms with Crippen LogP contribution in [0.25, 0.3) is 0 Å². The van der Waals surface area contributed by atoms with Crippen molar-refractivity contribution >= 4 is 17.4 Å². The standard InChI is InChI=1S/C20H25N7O2/c1-22-8-12-6-16(18(28)7-15(12)21)26-20(29)17-9-24-19(10-23-17)27-5-4-14(11-27)25-13-2-3-13/h6-10,13-14,21-22,25,28H,2-5,11H2,1H3,(H,26,29)/b12-8-,21-15?/t14-/m1/s1. The molecule has 2 fully saturated rings. The van der Waals surface area contributed by atoms with Crippen LogP contribution in [0.2, 0.25) is 0 Å². The average molecular weight is 395 g/mol. The predicted octanol–water partition coefficient (Wildman–Crippen LogP) is 1.000. The third-order valence-electron chi connectivity index (χ3n) is 5.15. The van der Waals surface area contributed by atoms with Gasteiger partial charge in [-0.15, -0.1) is 0 Å². The summed E-state index contributed by atoms with van der Waals surface area (Å²) in [5.74, 6) is 0.114. The number of rotatable bonds is 6. The lowest BCUT2D eigenvalue weighted by atomic mass is 10.0. The summed E-state index contributed by atoms with van der Waals surface area (Å²) < 4.78 is 0. The van der Waals surface area contributed by atoms with Gasteiger partial charge in [-0.3, -0.25) is 4.79 Å². The zero-order valence-corrected chi connectivity index (χ0v) is 16.3. The van der Waals surface area contributed by atoms with Crippen LogP contribution in [0.3, 0.4) is 0 Å². The number of nitrogens with one attached hydrogen (secondary N) is 4. The van der Waals surface area contributed by atoms with E-state index < -0.39 is 5.91 Å². The minimum absolute atomic E-state index is 0.152. The normalized spacial score (nSPS) is 23.1. The highest BCUT2D eigenvalue weighted by atomic mass is 16.3. The molecule has 1 aliphatic heterocycles. The summed E-state index contributed by atoms with van der Waals surface area (Å²) in [5, 5.41) is 27.0. The summed E-state index contributed by atoms with van der Waals surface area (Å²) in [5.41, 5.74) is 1.07. The number of allylic oxidation sites excluding steroid dienone is 3. The summed E-state index contributed by atoms with van der Waals surface area (Å²) in [4.78, 5) is 23.3. The van der Waals surface area contributed by atoms with Gasteiger partial charge < -0.3 is 31.4 Å². The van der Waals surface area contributed by atoms with Crippen LogP contribution >= 0.6 is 0 Å². The molecule has 0 spiro atoms. The van der Waals surface area contributed by atoms with Crippen LogP contribution in [0.1, 0.15) is 29.8 Å². The number of hydrogen-bond acceptors (Lipinski definition) is 8. The molecule has 0 radical (unpaired) electrons. The van der Waals surface area contributed by atoms with E-state index in [2.05, 4.69) is 30.8 Å². The quantitative estimate of drug-likeness (QED) is 0.486. The number of aliphatic hydroxyl groups is 1. The van der Waals surface area contributed by atoms with E-state index in [1.807, 2.05) is 0 Å². The average Bonchev–Trinajstić information content (AvgIpc) is 3.40. The Morgan fingerprint density at radius 3 is 2.76 bits per heavy atom. The molecule has 5 N–H and O–H groups in total. The van der Waals surface area contributed by atoms with E-state index in [0.717, 1.165) is 25.3 Å². The monoisotopic (exact) mass is 395 g/mol. The van der Waals surface area contributed by atoms with Crippen molar-refractivity contribution in [2.75, 3.05) is 25.0 Å². The molecular weight excluding hydrogens is 370 g/mol. The molecule has 9 nitrogen and oxygen atoms in total. The molecule has 4 rings (SSSR count). The van der Waals surface area contributed by atoms with Crippen molar-refractivity contribution in [2.24, 2.45) is 0 Å². The Labute approximate surface area is 169 Å². The van der Waals surface area contributed by atoms with Gasteiger partial charge in [0.15, 0.2) is 0 Å². The summed E-state index contributed by atoms with van der Waals surface area (Å²) >= 11 is 0. The van der Waals surface area contributed by atoms with E-state index >= 15 is 0 Å². The number of amides is 1. The maximum absolute atomic E-state index is 12.5. The lowest BCUT2D eigenvalue weighted by molar-refractivity contribution is 0.0958. The lowest BCUT2D eigenvalue weighted by Gasteiger charge is -2.18. The second-order valence-corrected chi connectivity index (χ2v) is 7.48. The maximum atomic E-state index is 12.5. The van der Waals surface area contributed by atoms with E-state index in [4.69, 9.17) is 5.41 Å². The Morgan fingerprint density at radius 1 is 1.24 bits per heavy atom. The molecule has 1 saturated heterocycles. The molecule has 1 saturated carbocycles. The number of hydrogen-bond donors (Lipinski definition) is 5. The van der Waals surface area contributed by atoms with Gasteiger partial charge in [-0.1, -0.05) is 0 Å². The van der Waals surface area contributed by atoms with Crippen molar-refractivity contribution < 1.29 is 9.90 Å². The highest BCUT2D eigenvalue weighted by molar-refractivity contribution is 6.10. The van der Waals surface area contributed by atoms with Crippen LogP contribution in [0.5, 0.6) is 0 Å². The summed E-state index contributed by atoms with van der Waals surface area (Å²) in [7, 11) is 1.71. The number of anilines is 1. The zero-order chi connectivity index (χ0) is 20.4. The number of aliphatic hydroxyl groups excluding tert-OH is 1. The Hall–Kier alpha value is -3.20. The van der Waals surface area contributed by atoms with Crippen LogP contribution in [-0.2, 0) is 0 Å². The molecule has 0 unspecified atom stereocenters. The number of carbonyl (C=O) groups is 1. The van der Waals surface area contributed by atoms with Crippen LogP contribution in [0.4, 0.5) is 5.82 Å². The molecule has 2 aliphatic carbocycles. The van der Waals surface area contributed by atoms with Gasteiger partial charge in [0.2, 0.25) is 0 Å². The summed E-state index contributed by atoms with van der Waals surface area (Å²) in [6.45, 7) is 1.82. The van der Waals surface area contributed by atoms with Gasteiger partial charge in [-0.05, 0) is 25.3 Å². The van der Waals surface area contributed by atoms with Gasteiger partial charge in [-0.2, -0.15) is 0 Å². The number of nitrogens with zero attached hydrogens (tertiary/aromatic N) is 3. The SMILES string of the molecule is CN/C=C1/C=C(NC(=O)c2cnc(N3CC[C@@H](NC4CC4)C3)cn2)C(O)=CC1=N. The maximum Gasteiger partial charge on any atom is 0.275 e. The number of carbonyl (C=O) groups excluding carboxylic acids is 1. The first-order chi connectivity index (χ1) is 14.0. The first kappa shape index (κ1) is 19.1. The molecular formula is C20H25N7O2. The molecule has 0 aromatic carbocycles. The second-order valence-electron chi connectivity index (χ2n) is 7.48. The van der Waals surface area contributed by atoms with E-state index in [-0.39, 0.29) is 22.9 Å². The van der Waals surface area contributed by atoms with Gasteiger partial charge in [0.1, 0.15) is 17.3 Å². The number of aromatic nitrogens is 2. The van der Waals surface area contributed by atoms with Crippen LogP contribution in [0, 0.1) is 5.41 Å². The fraction of sp³-hybridized carbons (Fsp3) is 0.400. The van der Waals surface area contributed by atoms with Gasteiger partial charge in [-0.25, -0.2) is 9.97 Å². The van der Waals surface area contributed by atoms with Crippen molar-refractivity contribution in [1.29, 1.82) is 5.41 Å². The molecule has 2 heterocycles.